The molecule has 2 aromatic carbocycles. The molecule has 0 amide bonds. The Balaban J connectivity index is 2.50. The zero-order valence-electron chi connectivity index (χ0n) is 10.8. The topological polar surface area (TPSA) is 13.1 Å². The molecule has 0 aliphatic rings. The molecule has 3 aromatic rings. The third-order valence-electron chi connectivity index (χ3n) is 3.73. The molecule has 0 N–H and O–H groups in total. The van der Waals surface area contributed by atoms with Crippen LogP contribution in [0.5, 0.6) is 0 Å². The van der Waals surface area contributed by atoms with Gasteiger partial charge in [-0.25, -0.2) is 0 Å². The summed E-state index contributed by atoms with van der Waals surface area (Å²) < 4.78 is 7.38. The number of hydrogen-bond acceptors (Lipinski definition) is 1. The van der Waals surface area contributed by atoms with Crippen molar-refractivity contribution in [1.29, 1.82) is 0 Å². The zero-order valence-corrected chi connectivity index (χ0v) is 13.0. The predicted octanol–water partition coefficient (Wildman–Crippen LogP) is 5.37. The van der Waals surface area contributed by atoms with Crippen molar-refractivity contribution in [2.75, 3.05) is 0 Å². The fraction of sp³-hybridized carbons (Fsp3) is 0.250. The summed E-state index contributed by atoms with van der Waals surface area (Å²) in [6.07, 6.45) is 1.04. The van der Waals surface area contributed by atoms with E-state index in [1.807, 2.05) is 0 Å². The largest absolute Gasteiger partial charge is 0.455 e. The van der Waals surface area contributed by atoms with Gasteiger partial charge in [0.15, 0.2) is 0 Å². The van der Waals surface area contributed by atoms with E-state index >= 15 is 0 Å². The van der Waals surface area contributed by atoms with E-state index in [1.54, 1.807) is 0 Å². The minimum Gasteiger partial charge on any atom is -0.455 e. The van der Waals surface area contributed by atoms with Gasteiger partial charge < -0.3 is 4.42 Å². The Morgan fingerprint density at radius 2 is 1.67 bits per heavy atom. The Bertz CT molecular complexity index is 753. The fourth-order valence-corrected chi connectivity index (χ4v) is 3.38. The van der Waals surface area contributed by atoms with Crippen molar-refractivity contribution in [3.63, 3.8) is 0 Å². The van der Waals surface area contributed by atoms with Crippen LogP contribution in [0.2, 0.25) is 0 Å². The molecule has 2 heteroatoms. The minimum atomic E-state index is 1.04. The van der Waals surface area contributed by atoms with Crippen LogP contribution in [0.3, 0.4) is 0 Å². The Labute approximate surface area is 120 Å². The maximum absolute atomic E-state index is 6.13. The summed E-state index contributed by atoms with van der Waals surface area (Å²) in [5, 5.41) is 2.46. The standard InChI is InChI=1S/C16H15IO/c1-4-11-6-8-13-12-7-5-9(2)10(3)15(12)18-16(13)14(11)17/h5-8H,4H2,1-3H3. The van der Waals surface area contributed by atoms with Gasteiger partial charge in [-0.05, 0) is 59.5 Å². The van der Waals surface area contributed by atoms with E-state index in [9.17, 15) is 0 Å². The van der Waals surface area contributed by atoms with Gasteiger partial charge in [0.25, 0.3) is 0 Å². The summed E-state index contributed by atoms with van der Waals surface area (Å²) in [4.78, 5) is 0. The van der Waals surface area contributed by atoms with Crippen molar-refractivity contribution in [3.05, 3.63) is 44.5 Å². The first-order chi connectivity index (χ1) is 8.63. The lowest BCUT2D eigenvalue weighted by molar-refractivity contribution is 0.662. The van der Waals surface area contributed by atoms with E-state index in [2.05, 4.69) is 67.6 Å². The molecule has 1 aromatic heterocycles. The molecule has 1 heterocycles. The molecule has 18 heavy (non-hydrogen) atoms. The van der Waals surface area contributed by atoms with Gasteiger partial charge in [-0.2, -0.15) is 0 Å². The lowest BCUT2D eigenvalue weighted by atomic mass is 10.0. The maximum atomic E-state index is 6.13. The van der Waals surface area contributed by atoms with E-state index in [0.717, 1.165) is 17.6 Å². The summed E-state index contributed by atoms with van der Waals surface area (Å²) in [5.74, 6) is 0. The van der Waals surface area contributed by atoms with Crippen LogP contribution in [0.15, 0.2) is 28.7 Å². The van der Waals surface area contributed by atoms with Crippen LogP contribution in [-0.2, 0) is 6.42 Å². The molecule has 0 radical (unpaired) electrons. The van der Waals surface area contributed by atoms with Crippen molar-refractivity contribution in [1.82, 2.24) is 0 Å². The van der Waals surface area contributed by atoms with Gasteiger partial charge in [0, 0.05) is 10.8 Å². The highest BCUT2D eigenvalue weighted by molar-refractivity contribution is 14.1. The zero-order chi connectivity index (χ0) is 12.9. The van der Waals surface area contributed by atoms with Crippen LogP contribution in [0.1, 0.15) is 23.6 Å². The summed E-state index contributed by atoms with van der Waals surface area (Å²) in [6.45, 7) is 6.44. The second-order valence-corrected chi connectivity index (χ2v) is 5.83. The SMILES string of the molecule is CCc1ccc2c(oc3c(C)c(C)ccc32)c1I. The smallest absolute Gasteiger partial charge is 0.149 e. The lowest BCUT2D eigenvalue weighted by Crippen LogP contribution is -1.85. The first kappa shape index (κ1) is 12.0. The third kappa shape index (κ3) is 1.58. The van der Waals surface area contributed by atoms with E-state index in [4.69, 9.17) is 4.42 Å². The van der Waals surface area contributed by atoms with Crippen LogP contribution in [0.4, 0.5) is 0 Å². The van der Waals surface area contributed by atoms with Gasteiger partial charge in [0.2, 0.25) is 0 Å². The Kier molecular flexibility index (Phi) is 2.85. The van der Waals surface area contributed by atoms with Crippen LogP contribution < -0.4 is 0 Å². The molecular formula is C16H15IO. The van der Waals surface area contributed by atoms with Gasteiger partial charge in [-0.1, -0.05) is 31.2 Å². The molecule has 0 spiro atoms. The minimum absolute atomic E-state index is 1.04. The number of furan rings is 1. The molecule has 0 aliphatic carbocycles. The second kappa shape index (κ2) is 4.26. The molecule has 0 saturated heterocycles. The van der Waals surface area contributed by atoms with Crippen molar-refractivity contribution < 1.29 is 4.42 Å². The second-order valence-electron chi connectivity index (χ2n) is 4.76. The molecule has 3 rings (SSSR count). The van der Waals surface area contributed by atoms with Crippen LogP contribution in [-0.4, -0.2) is 0 Å². The van der Waals surface area contributed by atoms with E-state index in [1.165, 1.54) is 31.0 Å². The van der Waals surface area contributed by atoms with Gasteiger partial charge in [-0.3, -0.25) is 0 Å². The summed E-state index contributed by atoms with van der Waals surface area (Å²) in [7, 11) is 0. The highest BCUT2D eigenvalue weighted by atomic mass is 127. The van der Waals surface area contributed by atoms with Crippen molar-refractivity contribution in [3.8, 4) is 0 Å². The number of halogens is 1. The molecule has 0 saturated carbocycles. The van der Waals surface area contributed by atoms with Crippen LogP contribution in [0.25, 0.3) is 21.9 Å². The quantitative estimate of drug-likeness (QED) is 0.538. The summed E-state index contributed by atoms with van der Waals surface area (Å²) in [5.41, 5.74) is 5.97. The number of aryl methyl sites for hydroxylation is 3. The maximum Gasteiger partial charge on any atom is 0.149 e. The van der Waals surface area contributed by atoms with Gasteiger partial charge in [-0.15, -0.1) is 0 Å². The third-order valence-corrected chi connectivity index (χ3v) is 4.91. The molecule has 0 atom stereocenters. The van der Waals surface area contributed by atoms with Crippen molar-refractivity contribution in [2.24, 2.45) is 0 Å². The van der Waals surface area contributed by atoms with Crippen LogP contribution in [0, 0.1) is 17.4 Å². The van der Waals surface area contributed by atoms with Gasteiger partial charge in [0.1, 0.15) is 11.2 Å². The van der Waals surface area contributed by atoms with Crippen LogP contribution >= 0.6 is 22.6 Å². The summed E-state index contributed by atoms with van der Waals surface area (Å²) >= 11 is 2.40. The Morgan fingerprint density at radius 3 is 2.39 bits per heavy atom. The molecule has 0 fully saturated rings. The first-order valence-electron chi connectivity index (χ1n) is 6.23. The molecule has 0 unspecified atom stereocenters. The van der Waals surface area contributed by atoms with Crippen molar-refractivity contribution in [2.45, 2.75) is 27.2 Å². The molecule has 1 nitrogen and oxygen atoms in total. The number of benzene rings is 2. The van der Waals surface area contributed by atoms with Gasteiger partial charge in [0.05, 0.1) is 3.57 Å². The molecule has 0 bridgehead atoms. The normalized spacial score (nSPS) is 11.6. The average molecular weight is 350 g/mol. The number of rotatable bonds is 1. The monoisotopic (exact) mass is 350 g/mol. The average Bonchev–Trinajstić information content (AvgIpc) is 2.75. The number of fused-ring (bicyclic) bond motifs is 3. The number of hydrogen-bond donors (Lipinski definition) is 0. The van der Waals surface area contributed by atoms with E-state index in [-0.39, 0.29) is 0 Å². The first-order valence-corrected chi connectivity index (χ1v) is 7.31. The van der Waals surface area contributed by atoms with E-state index < -0.39 is 0 Å². The molecular weight excluding hydrogens is 335 g/mol. The van der Waals surface area contributed by atoms with E-state index in [0.29, 0.717) is 0 Å². The predicted molar refractivity (Wildman–Crippen MR) is 85.3 cm³/mol. The summed E-state index contributed by atoms with van der Waals surface area (Å²) in [6, 6.07) is 8.75. The Hall–Kier alpha value is -1.03. The fourth-order valence-electron chi connectivity index (χ4n) is 2.42. The molecule has 92 valence electrons. The highest BCUT2D eigenvalue weighted by Crippen LogP contribution is 2.35. The van der Waals surface area contributed by atoms with Gasteiger partial charge >= 0.3 is 0 Å². The molecule has 0 aliphatic heterocycles. The Morgan fingerprint density at radius 1 is 1.00 bits per heavy atom. The van der Waals surface area contributed by atoms with Crippen molar-refractivity contribution >= 4 is 44.5 Å². The highest BCUT2D eigenvalue weighted by Gasteiger charge is 2.14. The lowest BCUT2D eigenvalue weighted by Gasteiger charge is -2.00.